The summed E-state index contributed by atoms with van der Waals surface area (Å²) in [5.74, 6) is -5.37. The number of Topliss-reactive ketones (excluding diaryl/α,β-unsaturated/α-hetero) is 1. The Labute approximate surface area is 276 Å². The Morgan fingerprint density at radius 1 is 1.02 bits per heavy atom. The van der Waals surface area contributed by atoms with Crippen LogP contribution in [0, 0.1) is 17.8 Å². The molecule has 5 fully saturated rings. The van der Waals surface area contributed by atoms with Gasteiger partial charge < -0.3 is 39.0 Å². The highest BCUT2D eigenvalue weighted by Gasteiger charge is 2.90. The molecule has 3 unspecified atom stereocenters. The number of aliphatic hydroxyl groups excluding tert-OH is 2. The molecular formula is C37H48O10. The van der Waals surface area contributed by atoms with Crippen molar-refractivity contribution >= 4 is 11.8 Å². The summed E-state index contributed by atoms with van der Waals surface area (Å²) in [6.07, 6.45) is 4.91. The molecule has 7 rings (SSSR count). The van der Waals surface area contributed by atoms with E-state index in [0.717, 1.165) is 25.7 Å². The molecule has 2 saturated carbocycles. The smallest absolute Gasteiger partial charge is 0.338 e. The van der Waals surface area contributed by atoms with Gasteiger partial charge in [0, 0.05) is 24.2 Å². The highest BCUT2D eigenvalue weighted by molar-refractivity contribution is 6.05. The monoisotopic (exact) mass is 652 g/mol. The zero-order valence-electron chi connectivity index (χ0n) is 27.8. The molecule has 3 aliphatic heterocycles. The first kappa shape index (κ1) is 33.1. The number of fused-ring (bicyclic) bond motifs is 3. The fourth-order valence-electron chi connectivity index (χ4n) is 9.80. The summed E-state index contributed by atoms with van der Waals surface area (Å²) in [4.78, 5) is 27.6. The fourth-order valence-corrected chi connectivity index (χ4v) is 9.80. The molecule has 3 saturated heterocycles. The van der Waals surface area contributed by atoms with Gasteiger partial charge in [-0.2, -0.15) is 0 Å². The van der Waals surface area contributed by atoms with Crippen LogP contribution in [-0.4, -0.2) is 86.5 Å². The Balaban J connectivity index is 1.36. The van der Waals surface area contributed by atoms with Crippen LogP contribution in [-0.2, 0) is 28.5 Å². The van der Waals surface area contributed by atoms with E-state index in [1.807, 2.05) is 19.9 Å². The second-order valence-electron chi connectivity index (χ2n) is 14.8. The number of hydrogen-bond acceptors (Lipinski definition) is 10. The van der Waals surface area contributed by atoms with Crippen LogP contribution in [0.5, 0.6) is 0 Å². The van der Waals surface area contributed by atoms with E-state index in [1.54, 1.807) is 37.3 Å². The van der Waals surface area contributed by atoms with Crippen molar-refractivity contribution in [3.8, 4) is 0 Å². The van der Waals surface area contributed by atoms with Gasteiger partial charge in [-0.15, -0.1) is 0 Å². The van der Waals surface area contributed by atoms with E-state index in [-0.39, 0.29) is 5.57 Å². The second-order valence-corrected chi connectivity index (χ2v) is 14.8. The van der Waals surface area contributed by atoms with E-state index in [9.17, 15) is 24.9 Å². The lowest BCUT2D eigenvalue weighted by Crippen LogP contribution is -2.76. The van der Waals surface area contributed by atoms with Crippen LogP contribution in [0.4, 0.5) is 0 Å². The summed E-state index contributed by atoms with van der Waals surface area (Å²) >= 11 is 0. The Morgan fingerprint density at radius 3 is 2.36 bits per heavy atom. The predicted molar refractivity (Wildman–Crippen MR) is 169 cm³/mol. The summed E-state index contributed by atoms with van der Waals surface area (Å²) in [5, 5.41) is 35.0. The molecule has 10 heteroatoms. The van der Waals surface area contributed by atoms with E-state index < -0.39 is 88.9 Å². The minimum atomic E-state index is -2.38. The van der Waals surface area contributed by atoms with Crippen LogP contribution in [0.3, 0.4) is 0 Å². The lowest BCUT2D eigenvalue weighted by atomic mass is 9.53. The van der Waals surface area contributed by atoms with Gasteiger partial charge in [-0.05, 0) is 43.5 Å². The highest BCUT2D eigenvalue weighted by atomic mass is 16.9. The predicted octanol–water partition coefficient (Wildman–Crippen LogP) is 4.15. The van der Waals surface area contributed by atoms with Gasteiger partial charge in [0.25, 0.3) is 5.97 Å². The van der Waals surface area contributed by atoms with Crippen molar-refractivity contribution in [2.24, 2.45) is 17.8 Å². The number of epoxide rings is 1. The molecule has 0 radical (unpaired) electrons. The maximum atomic E-state index is 13.9. The van der Waals surface area contributed by atoms with Crippen LogP contribution in [0.1, 0.15) is 89.4 Å². The Morgan fingerprint density at radius 2 is 1.70 bits per heavy atom. The standard InChI is InChI=1S/C37H48O10/c1-6-7-8-9-10-11-15-18-34-45-30-26-29-33(20-38,44-29)32(41)35(42)25(19-22(4)27(35)39)37(26,47-34)23(5)28(36(30,46-34)21(2)3)43-31(40)24-16-13-12-14-17-24/h12-14,16-17,19,23,25-26,28-30,32,38,41-42H,2,6-11,15,18,20H2,1,3-5H3/t23-,25-,26+,28-,29?,30?,32-,33+,34?,35-,36+,37+/m1/s1. The lowest BCUT2D eigenvalue weighted by Gasteiger charge is -2.61. The molecule has 3 bridgehead atoms. The van der Waals surface area contributed by atoms with Crippen LogP contribution >= 0.6 is 0 Å². The molecule has 1 aromatic rings. The van der Waals surface area contributed by atoms with Crippen LogP contribution in [0.15, 0.2) is 54.1 Å². The van der Waals surface area contributed by atoms with Gasteiger partial charge in [-0.3, -0.25) is 4.79 Å². The van der Waals surface area contributed by atoms with Crippen molar-refractivity contribution in [3.63, 3.8) is 0 Å². The molecule has 0 aromatic heterocycles. The molecule has 3 heterocycles. The van der Waals surface area contributed by atoms with E-state index >= 15 is 0 Å². The number of aliphatic hydroxyl groups is 3. The molecule has 47 heavy (non-hydrogen) atoms. The summed E-state index contributed by atoms with van der Waals surface area (Å²) in [6.45, 7) is 11.2. The number of benzene rings is 1. The third-order valence-electron chi connectivity index (χ3n) is 12.1. The summed E-state index contributed by atoms with van der Waals surface area (Å²) in [7, 11) is 0. The molecule has 256 valence electrons. The molecule has 3 N–H and O–H groups in total. The first-order chi connectivity index (χ1) is 22.4. The normalized spacial score (nSPS) is 45.5. The number of rotatable bonds is 12. The molecule has 0 spiro atoms. The van der Waals surface area contributed by atoms with Gasteiger partial charge >= 0.3 is 5.97 Å². The minimum Gasteiger partial charge on any atom is -0.455 e. The zero-order chi connectivity index (χ0) is 33.6. The minimum absolute atomic E-state index is 0.267. The van der Waals surface area contributed by atoms with Gasteiger partial charge in [0.1, 0.15) is 30.0 Å². The van der Waals surface area contributed by atoms with Crippen molar-refractivity contribution in [3.05, 3.63) is 59.7 Å². The average Bonchev–Trinajstić information content (AvgIpc) is 3.69. The molecular weight excluding hydrogens is 604 g/mol. The Hall–Kier alpha value is -2.44. The van der Waals surface area contributed by atoms with Crippen molar-refractivity contribution in [1.29, 1.82) is 0 Å². The molecule has 1 aromatic carbocycles. The van der Waals surface area contributed by atoms with E-state index in [2.05, 4.69) is 13.5 Å². The average molecular weight is 653 g/mol. The zero-order valence-corrected chi connectivity index (χ0v) is 27.8. The topological polar surface area (TPSA) is 144 Å². The van der Waals surface area contributed by atoms with Gasteiger partial charge in [0.15, 0.2) is 17.0 Å². The number of ether oxygens (including phenoxy) is 5. The van der Waals surface area contributed by atoms with Crippen molar-refractivity contribution < 1.29 is 48.6 Å². The van der Waals surface area contributed by atoms with Gasteiger partial charge in [-0.25, -0.2) is 4.79 Å². The van der Waals surface area contributed by atoms with Crippen molar-refractivity contribution in [1.82, 2.24) is 0 Å². The number of unbranched alkanes of at least 4 members (excludes halogenated alkanes) is 6. The number of carbonyl (C=O) groups excluding carboxylic acids is 2. The van der Waals surface area contributed by atoms with Crippen LogP contribution < -0.4 is 0 Å². The summed E-state index contributed by atoms with van der Waals surface area (Å²) in [5.41, 5.74) is -5.69. The summed E-state index contributed by atoms with van der Waals surface area (Å²) < 4.78 is 33.6. The number of hydrogen-bond donors (Lipinski definition) is 3. The van der Waals surface area contributed by atoms with Crippen LogP contribution in [0.2, 0.25) is 0 Å². The fraction of sp³-hybridized carbons (Fsp3) is 0.676. The highest BCUT2D eigenvalue weighted by Crippen LogP contribution is 2.73. The molecule has 10 nitrogen and oxygen atoms in total. The second kappa shape index (κ2) is 11.3. The Kier molecular flexibility index (Phi) is 7.95. The summed E-state index contributed by atoms with van der Waals surface area (Å²) in [6, 6.07) is 8.65. The third kappa shape index (κ3) is 4.28. The van der Waals surface area contributed by atoms with E-state index in [4.69, 9.17) is 23.7 Å². The third-order valence-corrected chi connectivity index (χ3v) is 12.1. The van der Waals surface area contributed by atoms with Gasteiger partial charge in [-0.1, -0.05) is 83.2 Å². The van der Waals surface area contributed by atoms with Crippen molar-refractivity contribution in [2.45, 2.75) is 132 Å². The Bertz CT molecular complexity index is 1480. The van der Waals surface area contributed by atoms with E-state index in [0.29, 0.717) is 17.6 Å². The lowest BCUT2D eigenvalue weighted by molar-refractivity contribution is -0.431. The largest absolute Gasteiger partial charge is 0.455 e. The maximum Gasteiger partial charge on any atom is 0.338 e. The first-order valence-corrected chi connectivity index (χ1v) is 17.3. The maximum absolute atomic E-state index is 13.9. The molecule has 12 atom stereocenters. The van der Waals surface area contributed by atoms with Gasteiger partial charge in [0.05, 0.1) is 17.8 Å². The molecule has 3 aliphatic carbocycles. The molecule has 6 aliphatic rings. The quantitative estimate of drug-likeness (QED) is 0.130. The molecule has 0 amide bonds. The first-order valence-electron chi connectivity index (χ1n) is 17.3. The van der Waals surface area contributed by atoms with E-state index in [1.165, 1.54) is 19.3 Å². The SMILES string of the molecule is C=C(C)[C@@]12OC3(CCCCCCCCC)OC1[C@@H]1C4O[C@]4(CO)[C@@H](O)[C@]4(O)C(=O)C(C)=C[C@H]4[C@@]1(O3)[C@H](C)[C@H]2OC(=O)c1ccccc1. The number of ketones is 1. The number of esters is 1. The van der Waals surface area contributed by atoms with Crippen LogP contribution in [0.25, 0.3) is 0 Å². The van der Waals surface area contributed by atoms with Crippen molar-refractivity contribution in [2.75, 3.05) is 6.61 Å². The number of carbonyl (C=O) groups is 2. The van der Waals surface area contributed by atoms with Gasteiger partial charge in [0.2, 0.25) is 0 Å².